The Morgan fingerprint density at radius 1 is 0.625 bits per heavy atom. The molecular formula is C16H29. The van der Waals surface area contributed by atoms with E-state index >= 15 is 0 Å². The third-order valence-corrected chi connectivity index (χ3v) is 2.82. The first-order chi connectivity index (χ1) is 7.91. The van der Waals surface area contributed by atoms with Crippen LogP contribution in [-0.2, 0) is 0 Å². The molecule has 0 amide bonds. The summed E-state index contributed by atoms with van der Waals surface area (Å²) in [6, 6.07) is 0. The molecule has 0 N–H and O–H groups in total. The number of allylic oxidation sites excluding steroid dienone is 3. The van der Waals surface area contributed by atoms with Gasteiger partial charge in [0.1, 0.15) is 0 Å². The van der Waals surface area contributed by atoms with Crippen molar-refractivity contribution < 1.29 is 0 Å². The van der Waals surface area contributed by atoms with Crippen LogP contribution in [0.15, 0.2) is 24.8 Å². The van der Waals surface area contributed by atoms with Crippen molar-refractivity contribution in [2.24, 2.45) is 0 Å². The first-order valence-corrected chi connectivity index (χ1v) is 6.97. The molecule has 0 aromatic carbocycles. The lowest BCUT2D eigenvalue weighted by atomic mass is 10.1. The smallest absolute Gasteiger partial charge is 0.0351 e. The fourth-order valence-electron chi connectivity index (χ4n) is 1.76. The van der Waals surface area contributed by atoms with Gasteiger partial charge in [-0.2, -0.15) is 0 Å². The second-order valence-corrected chi connectivity index (χ2v) is 4.45. The summed E-state index contributed by atoms with van der Waals surface area (Å²) in [5.74, 6) is 0. The van der Waals surface area contributed by atoms with Gasteiger partial charge in [0.25, 0.3) is 0 Å². The highest BCUT2D eigenvalue weighted by Gasteiger charge is 1.88. The van der Waals surface area contributed by atoms with E-state index in [9.17, 15) is 0 Å². The van der Waals surface area contributed by atoms with E-state index in [1.807, 2.05) is 6.08 Å². The minimum Gasteiger partial charge on any atom is -0.103 e. The summed E-state index contributed by atoms with van der Waals surface area (Å²) < 4.78 is 0. The van der Waals surface area contributed by atoms with Crippen molar-refractivity contribution in [3.05, 3.63) is 31.7 Å². The summed E-state index contributed by atoms with van der Waals surface area (Å²) in [7, 11) is 0. The summed E-state index contributed by atoms with van der Waals surface area (Å²) in [6.45, 7) is 7.58. The molecule has 0 bridgehead atoms. The second kappa shape index (κ2) is 14.5. The van der Waals surface area contributed by atoms with E-state index in [0.717, 1.165) is 6.42 Å². The molecule has 0 aromatic heterocycles. The lowest BCUT2D eigenvalue weighted by Crippen LogP contribution is -1.78. The lowest BCUT2D eigenvalue weighted by molar-refractivity contribution is 0.621. The molecule has 0 aliphatic heterocycles. The van der Waals surface area contributed by atoms with Gasteiger partial charge >= 0.3 is 0 Å². The molecule has 0 saturated heterocycles. The van der Waals surface area contributed by atoms with Crippen LogP contribution in [0.3, 0.4) is 0 Å². The van der Waals surface area contributed by atoms with Gasteiger partial charge in [0.15, 0.2) is 0 Å². The molecule has 0 rings (SSSR count). The van der Waals surface area contributed by atoms with Gasteiger partial charge < -0.3 is 0 Å². The van der Waals surface area contributed by atoms with E-state index < -0.39 is 0 Å². The van der Waals surface area contributed by atoms with Crippen molar-refractivity contribution in [2.45, 2.75) is 70.6 Å². The molecule has 1 radical (unpaired) electrons. The van der Waals surface area contributed by atoms with E-state index in [0.29, 0.717) is 0 Å². The summed E-state index contributed by atoms with van der Waals surface area (Å²) in [5.41, 5.74) is 0. The van der Waals surface area contributed by atoms with Gasteiger partial charge in [-0.25, -0.2) is 0 Å². The summed E-state index contributed by atoms with van der Waals surface area (Å²) >= 11 is 0. The van der Waals surface area contributed by atoms with Crippen molar-refractivity contribution >= 4 is 0 Å². The normalized spacial score (nSPS) is 11.1. The number of hydrogen-bond acceptors (Lipinski definition) is 0. The zero-order chi connectivity index (χ0) is 11.9. The Kier molecular flexibility index (Phi) is 14.0. The predicted octanol–water partition coefficient (Wildman–Crippen LogP) is 5.85. The topological polar surface area (TPSA) is 0 Å². The molecular weight excluding hydrogens is 192 g/mol. The van der Waals surface area contributed by atoms with Crippen LogP contribution in [0.2, 0.25) is 0 Å². The highest BCUT2D eigenvalue weighted by atomic mass is 13.9. The minimum absolute atomic E-state index is 1.08. The molecule has 0 aliphatic carbocycles. The van der Waals surface area contributed by atoms with Gasteiger partial charge in [0.2, 0.25) is 0 Å². The van der Waals surface area contributed by atoms with Gasteiger partial charge in [-0.05, 0) is 38.5 Å². The highest BCUT2D eigenvalue weighted by Crippen LogP contribution is 2.08. The summed E-state index contributed by atoms with van der Waals surface area (Å²) in [5, 5.41) is 0. The first kappa shape index (κ1) is 15.5. The van der Waals surface area contributed by atoms with Crippen molar-refractivity contribution in [3.8, 4) is 0 Å². The SMILES string of the molecule is [CH2]CCCCC=CCCCCCCCC=C. The Hall–Kier alpha value is -0.520. The monoisotopic (exact) mass is 221 g/mol. The Morgan fingerprint density at radius 3 is 1.69 bits per heavy atom. The molecule has 16 heavy (non-hydrogen) atoms. The average molecular weight is 221 g/mol. The quantitative estimate of drug-likeness (QED) is 0.286. The van der Waals surface area contributed by atoms with Crippen LogP contribution in [0.25, 0.3) is 0 Å². The first-order valence-electron chi connectivity index (χ1n) is 6.97. The largest absolute Gasteiger partial charge is 0.103 e. The molecule has 93 valence electrons. The molecule has 0 saturated carbocycles. The van der Waals surface area contributed by atoms with Crippen LogP contribution in [0.5, 0.6) is 0 Å². The molecule has 0 spiro atoms. The Labute approximate surface area is 103 Å². The Balaban J connectivity index is 2.99. The number of unbranched alkanes of at least 4 members (excludes halogenated alkanes) is 9. The van der Waals surface area contributed by atoms with E-state index in [2.05, 4.69) is 25.7 Å². The molecule has 0 atom stereocenters. The van der Waals surface area contributed by atoms with E-state index in [4.69, 9.17) is 0 Å². The lowest BCUT2D eigenvalue weighted by Gasteiger charge is -1.98. The fraction of sp³-hybridized carbons (Fsp3) is 0.688. The average Bonchev–Trinajstić information content (AvgIpc) is 2.31. The van der Waals surface area contributed by atoms with Gasteiger partial charge in [0.05, 0.1) is 0 Å². The highest BCUT2D eigenvalue weighted by molar-refractivity contribution is 4.81. The van der Waals surface area contributed by atoms with Crippen LogP contribution in [0, 0.1) is 6.92 Å². The van der Waals surface area contributed by atoms with Crippen LogP contribution in [0.4, 0.5) is 0 Å². The molecule has 0 aliphatic rings. The van der Waals surface area contributed by atoms with Crippen LogP contribution < -0.4 is 0 Å². The Morgan fingerprint density at radius 2 is 1.12 bits per heavy atom. The van der Waals surface area contributed by atoms with Crippen molar-refractivity contribution in [1.29, 1.82) is 0 Å². The number of hydrogen-bond donors (Lipinski definition) is 0. The third-order valence-electron chi connectivity index (χ3n) is 2.82. The van der Waals surface area contributed by atoms with Crippen LogP contribution in [0.1, 0.15) is 70.6 Å². The van der Waals surface area contributed by atoms with Crippen LogP contribution >= 0.6 is 0 Å². The van der Waals surface area contributed by atoms with Crippen LogP contribution in [-0.4, -0.2) is 0 Å². The molecule has 0 fully saturated rings. The zero-order valence-electron chi connectivity index (χ0n) is 10.9. The van der Waals surface area contributed by atoms with E-state index in [1.54, 1.807) is 0 Å². The molecule has 0 heteroatoms. The minimum atomic E-state index is 1.08. The Bertz CT molecular complexity index is 155. The van der Waals surface area contributed by atoms with Crippen molar-refractivity contribution in [1.82, 2.24) is 0 Å². The predicted molar refractivity (Wildman–Crippen MR) is 75.5 cm³/mol. The van der Waals surface area contributed by atoms with Gasteiger partial charge in [-0.3, -0.25) is 0 Å². The van der Waals surface area contributed by atoms with Gasteiger partial charge in [-0.1, -0.05) is 57.3 Å². The summed E-state index contributed by atoms with van der Waals surface area (Å²) in [4.78, 5) is 0. The maximum atomic E-state index is 3.84. The fourth-order valence-corrected chi connectivity index (χ4v) is 1.76. The van der Waals surface area contributed by atoms with Gasteiger partial charge in [0, 0.05) is 0 Å². The van der Waals surface area contributed by atoms with E-state index in [1.165, 1.54) is 64.2 Å². The number of rotatable bonds is 12. The van der Waals surface area contributed by atoms with Crippen molar-refractivity contribution in [2.75, 3.05) is 0 Å². The van der Waals surface area contributed by atoms with Crippen molar-refractivity contribution in [3.63, 3.8) is 0 Å². The third kappa shape index (κ3) is 13.5. The van der Waals surface area contributed by atoms with E-state index in [-0.39, 0.29) is 0 Å². The maximum Gasteiger partial charge on any atom is -0.0351 e. The molecule has 0 nitrogen and oxygen atoms in total. The maximum absolute atomic E-state index is 3.84. The second-order valence-electron chi connectivity index (χ2n) is 4.45. The molecule has 0 unspecified atom stereocenters. The molecule has 0 aromatic rings. The standard InChI is InChI=1S/C16H29/c1-3-5-7-9-11-13-15-16-14-12-10-8-6-4-2/h3,12,14H,1-2,4-11,13,15-16H2. The molecule has 0 heterocycles. The van der Waals surface area contributed by atoms with Gasteiger partial charge in [-0.15, -0.1) is 6.58 Å². The summed E-state index contributed by atoms with van der Waals surface area (Å²) in [6.07, 6.45) is 20.9. The zero-order valence-corrected chi connectivity index (χ0v) is 10.9.